The van der Waals surface area contributed by atoms with Crippen molar-refractivity contribution in [2.45, 2.75) is 19.3 Å². The predicted molar refractivity (Wildman–Crippen MR) is 76.5 cm³/mol. The van der Waals surface area contributed by atoms with Crippen molar-refractivity contribution in [1.29, 1.82) is 0 Å². The SMILES string of the molecule is COc1cccc(NC(=O)NCC(=O)CCCC(=O)O)c1. The van der Waals surface area contributed by atoms with Crippen LogP contribution in [0.4, 0.5) is 10.5 Å². The Labute approximate surface area is 122 Å². The number of carbonyl (C=O) groups is 3. The van der Waals surface area contributed by atoms with Gasteiger partial charge in [-0.25, -0.2) is 4.79 Å². The first-order valence-corrected chi connectivity index (χ1v) is 6.43. The number of carboxylic acid groups (broad SMARTS) is 1. The molecule has 0 saturated heterocycles. The number of amides is 2. The van der Waals surface area contributed by atoms with Crippen molar-refractivity contribution in [3.8, 4) is 5.75 Å². The van der Waals surface area contributed by atoms with Gasteiger partial charge in [0, 0.05) is 24.6 Å². The van der Waals surface area contributed by atoms with E-state index in [1.165, 1.54) is 7.11 Å². The number of nitrogens with one attached hydrogen (secondary N) is 2. The van der Waals surface area contributed by atoms with Gasteiger partial charge in [0.2, 0.25) is 0 Å². The predicted octanol–water partition coefficient (Wildman–Crippen LogP) is 1.64. The van der Waals surface area contributed by atoms with Gasteiger partial charge in [-0.05, 0) is 18.6 Å². The van der Waals surface area contributed by atoms with Gasteiger partial charge in [0.25, 0.3) is 0 Å². The Bertz CT molecular complexity index is 516. The van der Waals surface area contributed by atoms with Gasteiger partial charge in [-0.2, -0.15) is 0 Å². The van der Waals surface area contributed by atoms with Crippen molar-refractivity contribution in [2.24, 2.45) is 0 Å². The van der Waals surface area contributed by atoms with Crippen LogP contribution in [0.25, 0.3) is 0 Å². The summed E-state index contributed by atoms with van der Waals surface area (Å²) < 4.78 is 5.02. The molecule has 0 radical (unpaired) electrons. The van der Waals surface area contributed by atoms with E-state index in [1.807, 2.05) is 0 Å². The minimum atomic E-state index is -0.938. The zero-order chi connectivity index (χ0) is 15.7. The van der Waals surface area contributed by atoms with Crippen LogP contribution in [0, 0.1) is 0 Å². The molecule has 1 rings (SSSR count). The number of benzene rings is 1. The van der Waals surface area contributed by atoms with E-state index in [-0.39, 0.29) is 31.6 Å². The number of ketones is 1. The molecular weight excluding hydrogens is 276 g/mol. The molecule has 1 aromatic carbocycles. The van der Waals surface area contributed by atoms with Crippen LogP contribution >= 0.6 is 0 Å². The highest BCUT2D eigenvalue weighted by atomic mass is 16.5. The highest BCUT2D eigenvalue weighted by Crippen LogP contribution is 2.16. The van der Waals surface area contributed by atoms with E-state index in [1.54, 1.807) is 24.3 Å². The number of anilines is 1. The Balaban J connectivity index is 2.30. The average molecular weight is 294 g/mol. The third-order valence-electron chi connectivity index (χ3n) is 2.62. The molecule has 0 fully saturated rings. The summed E-state index contributed by atoms with van der Waals surface area (Å²) in [5.41, 5.74) is 0.546. The fraction of sp³-hybridized carbons (Fsp3) is 0.357. The maximum Gasteiger partial charge on any atom is 0.319 e. The van der Waals surface area contributed by atoms with Crippen LogP contribution in [0.3, 0.4) is 0 Å². The summed E-state index contributed by atoms with van der Waals surface area (Å²) in [5, 5.41) is 13.4. The van der Waals surface area contributed by atoms with E-state index in [9.17, 15) is 14.4 Å². The molecule has 7 heteroatoms. The summed E-state index contributed by atoms with van der Waals surface area (Å²) in [4.78, 5) is 33.3. The van der Waals surface area contributed by atoms with Gasteiger partial charge in [0.15, 0.2) is 5.78 Å². The average Bonchev–Trinajstić information content (AvgIpc) is 2.45. The Kier molecular flexibility index (Phi) is 6.73. The highest BCUT2D eigenvalue weighted by molar-refractivity contribution is 5.92. The molecule has 0 unspecified atom stereocenters. The lowest BCUT2D eigenvalue weighted by Crippen LogP contribution is -2.33. The van der Waals surface area contributed by atoms with Crippen LogP contribution < -0.4 is 15.4 Å². The molecule has 0 aliphatic heterocycles. The molecule has 0 bridgehead atoms. The number of urea groups is 1. The van der Waals surface area contributed by atoms with Crippen molar-refractivity contribution in [2.75, 3.05) is 19.0 Å². The third kappa shape index (κ3) is 6.95. The van der Waals surface area contributed by atoms with Crippen LogP contribution in [0.15, 0.2) is 24.3 Å². The van der Waals surface area contributed by atoms with Gasteiger partial charge in [-0.15, -0.1) is 0 Å². The normalized spacial score (nSPS) is 9.76. The van der Waals surface area contributed by atoms with Gasteiger partial charge in [0.1, 0.15) is 5.75 Å². The van der Waals surface area contributed by atoms with E-state index < -0.39 is 12.0 Å². The monoisotopic (exact) mass is 294 g/mol. The molecule has 0 heterocycles. The second-order valence-corrected chi connectivity index (χ2v) is 4.33. The zero-order valence-electron chi connectivity index (χ0n) is 11.7. The lowest BCUT2D eigenvalue weighted by atomic mass is 10.2. The molecule has 0 saturated carbocycles. The van der Waals surface area contributed by atoms with E-state index in [2.05, 4.69) is 10.6 Å². The molecule has 1 aromatic rings. The maximum absolute atomic E-state index is 11.6. The number of Topliss-reactive ketones (excluding diaryl/α,β-unsaturated/α-hetero) is 1. The maximum atomic E-state index is 11.6. The number of carboxylic acids is 1. The van der Waals surface area contributed by atoms with Gasteiger partial charge >= 0.3 is 12.0 Å². The highest BCUT2D eigenvalue weighted by Gasteiger charge is 2.07. The molecule has 114 valence electrons. The van der Waals surface area contributed by atoms with Gasteiger partial charge in [0.05, 0.1) is 13.7 Å². The minimum Gasteiger partial charge on any atom is -0.497 e. The van der Waals surface area contributed by atoms with E-state index in [0.29, 0.717) is 11.4 Å². The fourth-order valence-corrected chi connectivity index (χ4v) is 1.58. The van der Waals surface area contributed by atoms with Gasteiger partial charge < -0.3 is 20.5 Å². The van der Waals surface area contributed by atoms with Crippen molar-refractivity contribution in [3.05, 3.63) is 24.3 Å². The Morgan fingerprint density at radius 2 is 2.00 bits per heavy atom. The Morgan fingerprint density at radius 3 is 2.67 bits per heavy atom. The smallest absolute Gasteiger partial charge is 0.319 e. The van der Waals surface area contributed by atoms with E-state index >= 15 is 0 Å². The lowest BCUT2D eigenvalue weighted by molar-refractivity contribution is -0.137. The fourth-order valence-electron chi connectivity index (χ4n) is 1.58. The molecule has 21 heavy (non-hydrogen) atoms. The summed E-state index contributed by atoms with van der Waals surface area (Å²) in [5.74, 6) is -0.541. The number of rotatable bonds is 8. The molecule has 0 atom stereocenters. The molecule has 0 aromatic heterocycles. The summed E-state index contributed by atoms with van der Waals surface area (Å²) in [6.45, 7) is -0.130. The Hall–Kier alpha value is -2.57. The Morgan fingerprint density at radius 1 is 1.24 bits per heavy atom. The number of carbonyl (C=O) groups excluding carboxylic acids is 2. The van der Waals surface area contributed by atoms with E-state index in [0.717, 1.165) is 0 Å². The van der Waals surface area contributed by atoms with Crippen molar-refractivity contribution in [3.63, 3.8) is 0 Å². The second kappa shape index (κ2) is 8.57. The molecule has 0 aliphatic carbocycles. The third-order valence-corrected chi connectivity index (χ3v) is 2.62. The number of methoxy groups -OCH3 is 1. The van der Waals surface area contributed by atoms with Gasteiger partial charge in [-0.1, -0.05) is 6.07 Å². The first kappa shape index (κ1) is 16.5. The number of hydrogen-bond acceptors (Lipinski definition) is 4. The standard InChI is InChI=1S/C14H18N2O5/c1-21-12-6-2-4-10(8-12)16-14(20)15-9-11(17)5-3-7-13(18)19/h2,4,6,8H,3,5,7,9H2,1H3,(H,18,19)(H2,15,16,20). The summed E-state index contributed by atoms with van der Waals surface area (Å²) in [7, 11) is 1.52. The summed E-state index contributed by atoms with van der Waals surface area (Å²) in [6, 6.07) is 6.31. The molecule has 0 spiro atoms. The molecule has 0 aliphatic rings. The van der Waals surface area contributed by atoms with Crippen LogP contribution in [0.2, 0.25) is 0 Å². The number of ether oxygens (including phenoxy) is 1. The van der Waals surface area contributed by atoms with Crippen LogP contribution in [0.5, 0.6) is 5.75 Å². The first-order valence-electron chi connectivity index (χ1n) is 6.43. The van der Waals surface area contributed by atoms with Crippen molar-refractivity contribution < 1.29 is 24.2 Å². The van der Waals surface area contributed by atoms with Crippen molar-refractivity contribution >= 4 is 23.5 Å². The quantitative estimate of drug-likeness (QED) is 0.676. The minimum absolute atomic E-state index is 0.0538. The largest absolute Gasteiger partial charge is 0.497 e. The number of aliphatic carboxylic acids is 1. The molecule has 2 amide bonds. The van der Waals surface area contributed by atoms with Crippen LogP contribution in [-0.2, 0) is 9.59 Å². The first-order chi connectivity index (χ1) is 10.0. The molecular formula is C14H18N2O5. The van der Waals surface area contributed by atoms with Gasteiger partial charge in [-0.3, -0.25) is 9.59 Å². The summed E-state index contributed by atoms with van der Waals surface area (Å²) in [6.07, 6.45) is 0.348. The topological polar surface area (TPSA) is 105 Å². The lowest BCUT2D eigenvalue weighted by Gasteiger charge is -2.08. The van der Waals surface area contributed by atoms with Crippen LogP contribution in [-0.4, -0.2) is 36.5 Å². The molecule has 3 N–H and O–H groups in total. The van der Waals surface area contributed by atoms with E-state index in [4.69, 9.17) is 9.84 Å². The number of hydrogen-bond donors (Lipinski definition) is 3. The zero-order valence-corrected chi connectivity index (χ0v) is 11.7. The summed E-state index contributed by atoms with van der Waals surface area (Å²) >= 11 is 0. The van der Waals surface area contributed by atoms with Crippen LogP contribution in [0.1, 0.15) is 19.3 Å². The molecule has 7 nitrogen and oxygen atoms in total. The van der Waals surface area contributed by atoms with Crippen molar-refractivity contribution in [1.82, 2.24) is 5.32 Å². The second-order valence-electron chi connectivity index (χ2n) is 4.33.